The van der Waals surface area contributed by atoms with Crippen LogP contribution in [0.5, 0.6) is 0 Å². The topological polar surface area (TPSA) is 26.3 Å². The molecule has 0 heterocycles. The van der Waals surface area contributed by atoms with Crippen molar-refractivity contribution < 1.29 is 9.53 Å². The Hall–Kier alpha value is -0.970. The summed E-state index contributed by atoms with van der Waals surface area (Å²) in [6, 6.07) is 0. The first kappa shape index (κ1) is 13.0. The fraction of sp³-hybridized carbons (Fsp3) is 0.750. The Morgan fingerprint density at radius 2 is 1.71 bits per heavy atom. The van der Waals surface area contributed by atoms with E-state index in [4.69, 9.17) is 11.2 Å². The zero-order valence-corrected chi connectivity index (χ0v) is 9.05. The standard InChI is InChI=1S/C12H20O2/c1-3-5-6-7-8-9-10-11-14-12(13)4-2/h2H,3,5-11H2,1H3. The molecular formula is C12H20O2. The second kappa shape index (κ2) is 10.1. The monoisotopic (exact) mass is 196 g/mol. The van der Waals surface area contributed by atoms with Crippen molar-refractivity contribution in [3.8, 4) is 12.3 Å². The highest BCUT2D eigenvalue weighted by Crippen LogP contribution is 2.06. The van der Waals surface area contributed by atoms with Crippen LogP contribution in [-0.2, 0) is 9.53 Å². The molecule has 0 atom stereocenters. The Kier molecular flexibility index (Phi) is 9.41. The third-order valence-corrected chi connectivity index (χ3v) is 2.10. The van der Waals surface area contributed by atoms with E-state index in [0.29, 0.717) is 6.61 Å². The minimum Gasteiger partial charge on any atom is -0.456 e. The quantitative estimate of drug-likeness (QED) is 0.258. The van der Waals surface area contributed by atoms with Crippen LogP contribution in [0.1, 0.15) is 51.9 Å². The number of carbonyl (C=O) groups is 1. The van der Waals surface area contributed by atoms with Gasteiger partial charge in [-0.05, 0) is 6.42 Å². The number of unbranched alkanes of at least 4 members (excludes halogenated alkanes) is 6. The highest BCUT2D eigenvalue weighted by atomic mass is 16.5. The van der Waals surface area contributed by atoms with Crippen molar-refractivity contribution in [3.05, 3.63) is 0 Å². The zero-order valence-electron chi connectivity index (χ0n) is 9.05. The third-order valence-electron chi connectivity index (χ3n) is 2.10. The van der Waals surface area contributed by atoms with Gasteiger partial charge in [-0.1, -0.05) is 45.4 Å². The normalized spacial score (nSPS) is 9.43. The Morgan fingerprint density at radius 3 is 2.29 bits per heavy atom. The van der Waals surface area contributed by atoms with Gasteiger partial charge in [0, 0.05) is 5.92 Å². The van der Waals surface area contributed by atoms with Gasteiger partial charge < -0.3 is 4.74 Å². The number of hydrogen-bond donors (Lipinski definition) is 0. The van der Waals surface area contributed by atoms with E-state index in [2.05, 4.69) is 6.92 Å². The van der Waals surface area contributed by atoms with E-state index in [-0.39, 0.29) is 0 Å². The van der Waals surface area contributed by atoms with Crippen LogP contribution in [0.3, 0.4) is 0 Å². The van der Waals surface area contributed by atoms with Gasteiger partial charge in [0.15, 0.2) is 0 Å². The maximum absolute atomic E-state index is 10.5. The lowest BCUT2D eigenvalue weighted by Crippen LogP contribution is -2.02. The van der Waals surface area contributed by atoms with E-state index in [0.717, 1.165) is 12.8 Å². The fourth-order valence-electron chi connectivity index (χ4n) is 1.27. The summed E-state index contributed by atoms with van der Waals surface area (Å²) >= 11 is 0. The zero-order chi connectivity index (χ0) is 10.6. The summed E-state index contributed by atoms with van der Waals surface area (Å²) in [5.74, 6) is 1.38. The predicted molar refractivity (Wildman–Crippen MR) is 57.8 cm³/mol. The molecule has 0 aliphatic carbocycles. The number of hydrogen-bond acceptors (Lipinski definition) is 2. The number of ether oxygens (including phenoxy) is 1. The van der Waals surface area contributed by atoms with Crippen LogP contribution >= 0.6 is 0 Å². The van der Waals surface area contributed by atoms with Gasteiger partial charge in [-0.2, -0.15) is 0 Å². The SMILES string of the molecule is C#CC(=O)OCCCCCCCCC. The summed E-state index contributed by atoms with van der Waals surface area (Å²) in [6.45, 7) is 2.68. The Morgan fingerprint density at radius 1 is 1.14 bits per heavy atom. The molecular weight excluding hydrogens is 176 g/mol. The molecule has 2 nitrogen and oxygen atoms in total. The minimum absolute atomic E-state index is 0.469. The molecule has 0 N–H and O–H groups in total. The maximum atomic E-state index is 10.5. The Labute approximate surface area is 87.0 Å². The number of rotatable bonds is 8. The summed E-state index contributed by atoms with van der Waals surface area (Å²) in [6.07, 6.45) is 13.3. The van der Waals surface area contributed by atoms with Crippen molar-refractivity contribution in [2.45, 2.75) is 51.9 Å². The Bertz CT molecular complexity index is 179. The minimum atomic E-state index is -0.545. The molecule has 0 aromatic rings. The summed E-state index contributed by atoms with van der Waals surface area (Å²) in [7, 11) is 0. The molecule has 0 aliphatic rings. The van der Waals surface area contributed by atoms with Crippen LogP contribution in [0, 0.1) is 12.3 Å². The van der Waals surface area contributed by atoms with E-state index < -0.39 is 5.97 Å². The second-order valence-corrected chi connectivity index (χ2v) is 3.40. The molecule has 0 saturated heterocycles. The fourth-order valence-corrected chi connectivity index (χ4v) is 1.27. The molecule has 2 heteroatoms. The molecule has 0 radical (unpaired) electrons. The highest BCUT2D eigenvalue weighted by Gasteiger charge is 1.95. The van der Waals surface area contributed by atoms with Gasteiger partial charge >= 0.3 is 5.97 Å². The van der Waals surface area contributed by atoms with Crippen LogP contribution in [0.4, 0.5) is 0 Å². The van der Waals surface area contributed by atoms with Crippen molar-refractivity contribution in [2.24, 2.45) is 0 Å². The molecule has 0 bridgehead atoms. The van der Waals surface area contributed by atoms with Crippen LogP contribution in [0.2, 0.25) is 0 Å². The van der Waals surface area contributed by atoms with Crippen molar-refractivity contribution in [1.82, 2.24) is 0 Å². The van der Waals surface area contributed by atoms with Crippen molar-refractivity contribution in [1.29, 1.82) is 0 Å². The summed E-state index contributed by atoms with van der Waals surface area (Å²) < 4.78 is 4.74. The van der Waals surface area contributed by atoms with Crippen LogP contribution in [0.15, 0.2) is 0 Å². The average Bonchev–Trinajstić information content (AvgIpc) is 2.21. The molecule has 0 spiro atoms. The first-order valence-electron chi connectivity index (χ1n) is 5.44. The van der Waals surface area contributed by atoms with E-state index in [1.807, 2.05) is 5.92 Å². The first-order valence-corrected chi connectivity index (χ1v) is 5.44. The molecule has 14 heavy (non-hydrogen) atoms. The van der Waals surface area contributed by atoms with E-state index >= 15 is 0 Å². The molecule has 0 rings (SSSR count). The van der Waals surface area contributed by atoms with Crippen LogP contribution < -0.4 is 0 Å². The lowest BCUT2D eigenvalue weighted by Gasteiger charge is -2.01. The third kappa shape index (κ3) is 9.12. The van der Waals surface area contributed by atoms with Crippen LogP contribution in [0.25, 0.3) is 0 Å². The molecule has 0 aromatic carbocycles. The molecule has 0 amide bonds. The Balaban J connectivity index is 3.00. The van der Waals surface area contributed by atoms with Gasteiger partial charge in [0.25, 0.3) is 0 Å². The average molecular weight is 196 g/mol. The van der Waals surface area contributed by atoms with Gasteiger partial charge in [-0.3, -0.25) is 0 Å². The smallest absolute Gasteiger partial charge is 0.384 e. The second-order valence-electron chi connectivity index (χ2n) is 3.40. The largest absolute Gasteiger partial charge is 0.456 e. The molecule has 0 saturated carbocycles. The molecule has 0 aliphatic heterocycles. The van der Waals surface area contributed by atoms with Crippen molar-refractivity contribution in [3.63, 3.8) is 0 Å². The van der Waals surface area contributed by atoms with Gasteiger partial charge in [0.05, 0.1) is 6.61 Å². The molecule has 0 aromatic heterocycles. The van der Waals surface area contributed by atoms with Crippen molar-refractivity contribution >= 4 is 5.97 Å². The summed E-state index contributed by atoms with van der Waals surface area (Å²) in [4.78, 5) is 10.5. The molecule has 0 fully saturated rings. The van der Waals surface area contributed by atoms with Gasteiger partial charge in [0.2, 0.25) is 0 Å². The van der Waals surface area contributed by atoms with Gasteiger partial charge in [-0.25, -0.2) is 4.79 Å². The van der Waals surface area contributed by atoms with Crippen LogP contribution in [-0.4, -0.2) is 12.6 Å². The number of esters is 1. The lowest BCUT2D eigenvalue weighted by atomic mass is 10.1. The van der Waals surface area contributed by atoms with Crippen molar-refractivity contribution in [2.75, 3.05) is 6.61 Å². The summed E-state index contributed by atoms with van der Waals surface area (Å²) in [5, 5.41) is 0. The van der Waals surface area contributed by atoms with Gasteiger partial charge in [0.1, 0.15) is 0 Å². The predicted octanol–water partition coefficient (Wildman–Crippen LogP) is 2.91. The lowest BCUT2D eigenvalue weighted by molar-refractivity contribution is -0.136. The van der Waals surface area contributed by atoms with E-state index in [9.17, 15) is 4.79 Å². The maximum Gasteiger partial charge on any atom is 0.384 e. The number of carbonyl (C=O) groups excluding carboxylic acids is 1. The van der Waals surface area contributed by atoms with E-state index in [1.54, 1.807) is 0 Å². The highest BCUT2D eigenvalue weighted by molar-refractivity contribution is 5.87. The molecule has 80 valence electrons. The van der Waals surface area contributed by atoms with Gasteiger partial charge in [-0.15, -0.1) is 6.42 Å². The molecule has 0 unspecified atom stereocenters. The summed E-state index contributed by atoms with van der Waals surface area (Å²) in [5.41, 5.74) is 0. The van der Waals surface area contributed by atoms with E-state index in [1.165, 1.54) is 32.1 Å². The first-order chi connectivity index (χ1) is 6.81. The number of terminal acetylenes is 1.